The van der Waals surface area contributed by atoms with Gasteiger partial charge in [-0.25, -0.2) is 4.68 Å². The summed E-state index contributed by atoms with van der Waals surface area (Å²) in [5.74, 6) is 2.41. The number of nitrogens with zero attached hydrogens (tertiary/aromatic N) is 9. The van der Waals surface area contributed by atoms with Crippen molar-refractivity contribution < 1.29 is 9.26 Å². The molecule has 0 atom stereocenters. The average molecular weight is 381 g/mol. The van der Waals surface area contributed by atoms with Crippen LogP contribution >= 0.6 is 0 Å². The predicted octanol–water partition coefficient (Wildman–Crippen LogP) is 1.22. The molecule has 0 bridgehead atoms. The van der Waals surface area contributed by atoms with Crippen LogP contribution in [0.25, 0.3) is 11.5 Å². The molecule has 1 aliphatic heterocycles. The second-order valence-electron chi connectivity index (χ2n) is 6.66. The van der Waals surface area contributed by atoms with E-state index in [-0.39, 0.29) is 5.92 Å². The Morgan fingerprint density at radius 2 is 2.11 bits per heavy atom. The topological polar surface area (TPSA) is 112 Å². The molecular weight excluding hydrogens is 362 g/mol. The molecule has 0 unspecified atom stereocenters. The number of piperidine rings is 1. The first kappa shape index (κ1) is 16.8. The van der Waals surface area contributed by atoms with E-state index in [0.29, 0.717) is 18.4 Å². The van der Waals surface area contributed by atoms with Crippen LogP contribution in [0.5, 0.6) is 0 Å². The smallest absolute Gasteiger partial charge is 0.324 e. The van der Waals surface area contributed by atoms with Gasteiger partial charge in [-0.05, 0) is 31.0 Å². The summed E-state index contributed by atoms with van der Waals surface area (Å²) in [5.41, 5.74) is 0.731. The molecule has 4 aromatic heterocycles. The van der Waals surface area contributed by atoms with E-state index < -0.39 is 0 Å². The van der Waals surface area contributed by atoms with Crippen LogP contribution in [-0.4, -0.2) is 59.9 Å². The highest BCUT2D eigenvalue weighted by atomic mass is 16.5. The van der Waals surface area contributed by atoms with E-state index in [1.54, 1.807) is 18.0 Å². The molecule has 4 aromatic rings. The number of hydrogen-bond donors (Lipinski definition) is 0. The van der Waals surface area contributed by atoms with Crippen LogP contribution in [-0.2, 0) is 11.3 Å². The highest BCUT2D eigenvalue weighted by Crippen LogP contribution is 2.29. The molecule has 0 aliphatic carbocycles. The summed E-state index contributed by atoms with van der Waals surface area (Å²) in [7, 11) is 1.61. The molecule has 1 fully saturated rings. The van der Waals surface area contributed by atoms with Gasteiger partial charge >= 0.3 is 6.01 Å². The fourth-order valence-corrected chi connectivity index (χ4v) is 3.47. The molecule has 0 amide bonds. The van der Waals surface area contributed by atoms with E-state index >= 15 is 0 Å². The van der Waals surface area contributed by atoms with E-state index in [0.717, 1.165) is 43.2 Å². The van der Waals surface area contributed by atoms with Crippen molar-refractivity contribution in [1.82, 2.24) is 39.7 Å². The first-order chi connectivity index (χ1) is 13.8. The summed E-state index contributed by atoms with van der Waals surface area (Å²) in [6.45, 7) is 1.94. The summed E-state index contributed by atoms with van der Waals surface area (Å²) in [6, 6.07) is 6.20. The molecule has 5 rings (SSSR count). The lowest BCUT2D eigenvalue weighted by Crippen LogP contribution is -2.33. The number of hydrogen-bond acceptors (Lipinski definition) is 9. The number of ether oxygens (including phenoxy) is 1. The molecule has 1 saturated heterocycles. The fourth-order valence-electron chi connectivity index (χ4n) is 3.47. The van der Waals surface area contributed by atoms with Gasteiger partial charge < -0.3 is 14.2 Å². The van der Waals surface area contributed by atoms with Crippen LogP contribution in [0.2, 0.25) is 0 Å². The zero-order valence-electron chi connectivity index (χ0n) is 15.3. The van der Waals surface area contributed by atoms with E-state index in [4.69, 9.17) is 9.26 Å². The first-order valence-corrected chi connectivity index (χ1v) is 9.10. The Bertz CT molecular complexity index is 1060. The quantitative estimate of drug-likeness (QED) is 0.503. The van der Waals surface area contributed by atoms with E-state index in [1.807, 2.05) is 28.9 Å². The minimum atomic E-state index is 0.257. The van der Waals surface area contributed by atoms with Crippen molar-refractivity contribution in [2.75, 3.05) is 25.1 Å². The maximum Gasteiger partial charge on any atom is 0.324 e. The van der Waals surface area contributed by atoms with Crippen molar-refractivity contribution in [3.63, 3.8) is 0 Å². The second kappa shape index (κ2) is 7.00. The van der Waals surface area contributed by atoms with Crippen LogP contribution in [0.3, 0.4) is 0 Å². The van der Waals surface area contributed by atoms with Gasteiger partial charge in [-0.2, -0.15) is 14.6 Å². The van der Waals surface area contributed by atoms with Gasteiger partial charge in [-0.15, -0.1) is 15.3 Å². The van der Waals surface area contributed by atoms with E-state index in [2.05, 4.69) is 35.4 Å². The van der Waals surface area contributed by atoms with Crippen LogP contribution in [0.4, 0.5) is 6.01 Å². The summed E-state index contributed by atoms with van der Waals surface area (Å²) >= 11 is 0. The van der Waals surface area contributed by atoms with Crippen molar-refractivity contribution in [3.8, 4) is 5.82 Å². The van der Waals surface area contributed by atoms with Gasteiger partial charge in [0.2, 0.25) is 0 Å². The Labute approximate surface area is 159 Å². The molecule has 0 aromatic carbocycles. The van der Waals surface area contributed by atoms with E-state index in [9.17, 15) is 0 Å². The van der Waals surface area contributed by atoms with Crippen LogP contribution in [0.15, 0.2) is 35.1 Å². The number of fused-ring (bicyclic) bond motifs is 1. The number of methoxy groups -OCH3 is 1. The van der Waals surface area contributed by atoms with Crippen molar-refractivity contribution in [2.24, 2.45) is 0 Å². The molecular formula is C17H19N9O2. The summed E-state index contributed by atoms with van der Waals surface area (Å²) in [6.07, 6.45) is 5.39. The zero-order valence-corrected chi connectivity index (χ0v) is 15.3. The molecule has 28 heavy (non-hydrogen) atoms. The minimum absolute atomic E-state index is 0.257. The summed E-state index contributed by atoms with van der Waals surface area (Å²) < 4.78 is 13.9. The van der Waals surface area contributed by atoms with Crippen molar-refractivity contribution >= 4 is 11.7 Å². The number of rotatable bonds is 5. The van der Waals surface area contributed by atoms with Crippen molar-refractivity contribution in [1.29, 1.82) is 0 Å². The lowest BCUT2D eigenvalue weighted by molar-refractivity contribution is 0.174. The average Bonchev–Trinajstić information content (AvgIpc) is 3.48. The third kappa shape index (κ3) is 2.99. The van der Waals surface area contributed by atoms with Crippen LogP contribution in [0, 0.1) is 0 Å². The Balaban J connectivity index is 1.34. The largest absolute Gasteiger partial charge is 0.377 e. The normalized spacial score (nSPS) is 15.5. The number of anilines is 1. The SMILES string of the molecule is COCc1noc(N2CCC(c3nnc4ccc(-n5cccn5)nn34)CC2)n1. The third-order valence-electron chi connectivity index (χ3n) is 4.87. The summed E-state index contributed by atoms with van der Waals surface area (Å²) in [5, 5.41) is 21.5. The number of aromatic nitrogens is 8. The fraction of sp³-hybridized carbons (Fsp3) is 0.412. The predicted molar refractivity (Wildman–Crippen MR) is 97.1 cm³/mol. The Morgan fingerprint density at radius 3 is 2.89 bits per heavy atom. The highest BCUT2D eigenvalue weighted by molar-refractivity contribution is 5.40. The zero-order chi connectivity index (χ0) is 18.9. The van der Waals surface area contributed by atoms with Gasteiger partial charge in [-0.3, -0.25) is 0 Å². The molecule has 0 N–H and O–H groups in total. The van der Waals surface area contributed by atoms with Gasteiger partial charge in [0.15, 0.2) is 23.1 Å². The lowest BCUT2D eigenvalue weighted by atomic mass is 9.96. The van der Waals surface area contributed by atoms with Crippen molar-refractivity contribution in [2.45, 2.75) is 25.4 Å². The van der Waals surface area contributed by atoms with Gasteiger partial charge in [0.25, 0.3) is 0 Å². The van der Waals surface area contributed by atoms with Gasteiger partial charge in [0.1, 0.15) is 6.61 Å². The molecule has 11 heteroatoms. The van der Waals surface area contributed by atoms with Gasteiger partial charge in [-0.1, -0.05) is 5.16 Å². The molecule has 0 radical (unpaired) electrons. The standard InChI is InChI=1S/C17H19N9O2/c1-27-11-13-19-17(28-23-13)24-9-5-12(6-10-24)16-21-20-14-3-4-15(22-26(14)16)25-8-2-7-18-25/h2-4,7-8,12H,5-6,9-11H2,1H3. The molecule has 144 valence electrons. The van der Waals surface area contributed by atoms with Crippen LogP contribution < -0.4 is 4.90 Å². The molecule has 1 aliphatic rings. The Kier molecular flexibility index (Phi) is 4.20. The third-order valence-corrected chi connectivity index (χ3v) is 4.87. The highest BCUT2D eigenvalue weighted by Gasteiger charge is 2.27. The van der Waals surface area contributed by atoms with E-state index in [1.165, 1.54) is 0 Å². The molecule has 0 spiro atoms. The Morgan fingerprint density at radius 1 is 1.21 bits per heavy atom. The maximum absolute atomic E-state index is 5.34. The molecule has 0 saturated carbocycles. The minimum Gasteiger partial charge on any atom is -0.377 e. The lowest BCUT2D eigenvalue weighted by Gasteiger charge is -2.29. The van der Waals surface area contributed by atoms with Crippen molar-refractivity contribution in [3.05, 3.63) is 42.2 Å². The molecule has 5 heterocycles. The first-order valence-electron chi connectivity index (χ1n) is 9.10. The maximum atomic E-state index is 5.34. The van der Waals surface area contributed by atoms with Gasteiger partial charge in [0, 0.05) is 38.5 Å². The van der Waals surface area contributed by atoms with Gasteiger partial charge in [0.05, 0.1) is 0 Å². The second-order valence-corrected chi connectivity index (χ2v) is 6.66. The Hall–Kier alpha value is -3.34. The summed E-state index contributed by atoms with van der Waals surface area (Å²) in [4.78, 5) is 6.46. The molecule has 11 nitrogen and oxygen atoms in total. The van der Waals surface area contributed by atoms with Crippen LogP contribution in [0.1, 0.15) is 30.4 Å². The monoisotopic (exact) mass is 381 g/mol.